The molecule has 2 aromatic rings. The van der Waals surface area contributed by atoms with Crippen LogP contribution in [0.25, 0.3) is 0 Å². The van der Waals surface area contributed by atoms with Gasteiger partial charge >= 0.3 is 0 Å². The first-order chi connectivity index (χ1) is 14.7. The molecule has 0 spiro atoms. The van der Waals surface area contributed by atoms with E-state index in [1.54, 1.807) is 6.92 Å². The standard InChI is InChI=1S/C19H17ClF2N4O5/c1-2-24-7-25-6-11(27)14-12(16(28)17(29)15(19(24)31)26(14)25)18(30)23-5-8-10(21)4-3-9(20)13(8)22/h3-4,11,27,29H,2,5-7H2,1H3,(H,23,30). The van der Waals surface area contributed by atoms with Gasteiger partial charge in [0.2, 0.25) is 5.43 Å². The third-order valence-electron chi connectivity index (χ3n) is 5.34. The molecule has 9 nitrogen and oxygen atoms in total. The molecule has 1 atom stereocenters. The number of rotatable bonds is 4. The molecular weight excluding hydrogens is 438 g/mol. The number of pyridine rings is 1. The Morgan fingerprint density at radius 1 is 1.32 bits per heavy atom. The van der Waals surface area contributed by atoms with Crippen LogP contribution in [0.15, 0.2) is 16.9 Å². The quantitative estimate of drug-likeness (QED) is 0.590. The third kappa shape index (κ3) is 3.12. The van der Waals surface area contributed by atoms with Crippen molar-refractivity contribution in [2.75, 3.05) is 24.8 Å². The van der Waals surface area contributed by atoms with Crippen LogP contribution in [0, 0.1) is 11.6 Å². The van der Waals surface area contributed by atoms with Gasteiger partial charge in [0, 0.05) is 18.7 Å². The number of nitrogens with zero attached hydrogens (tertiary/aromatic N) is 3. The fraction of sp³-hybridized carbons (Fsp3) is 0.316. The maximum atomic E-state index is 14.1. The van der Waals surface area contributed by atoms with Gasteiger partial charge in [-0.1, -0.05) is 11.6 Å². The third-order valence-corrected chi connectivity index (χ3v) is 5.63. The summed E-state index contributed by atoms with van der Waals surface area (Å²) < 4.78 is 29.2. The van der Waals surface area contributed by atoms with Crippen LogP contribution in [0.4, 0.5) is 8.78 Å². The Morgan fingerprint density at radius 2 is 2.03 bits per heavy atom. The van der Waals surface area contributed by atoms with Gasteiger partial charge in [0.15, 0.2) is 11.4 Å². The average Bonchev–Trinajstić information content (AvgIpc) is 3.05. The number of amides is 2. The van der Waals surface area contributed by atoms with Gasteiger partial charge in [-0.2, -0.15) is 0 Å². The van der Waals surface area contributed by atoms with E-state index in [0.29, 0.717) is 6.54 Å². The van der Waals surface area contributed by atoms with E-state index in [4.69, 9.17) is 11.6 Å². The molecule has 1 aromatic heterocycles. The minimum atomic E-state index is -1.31. The summed E-state index contributed by atoms with van der Waals surface area (Å²) in [6.07, 6.45) is -1.31. The Bertz CT molecular complexity index is 1190. The Balaban J connectivity index is 1.77. The van der Waals surface area contributed by atoms with Gasteiger partial charge in [-0.05, 0) is 19.1 Å². The van der Waals surface area contributed by atoms with Gasteiger partial charge in [0.05, 0.1) is 17.3 Å². The maximum absolute atomic E-state index is 14.1. The molecule has 2 aliphatic rings. The van der Waals surface area contributed by atoms with E-state index in [-0.39, 0.29) is 29.6 Å². The van der Waals surface area contributed by atoms with Crippen molar-refractivity contribution in [3.8, 4) is 5.75 Å². The van der Waals surface area contributed by atoms with E-state index in [9.17, 15) is 33.4 Å². The van der Waals surface area contributed by atoms with Crippen molar-refractivity contribution in [3.05, 3.63) is 61.5 Å². The van der Waals surface area contributed by atoms with Gasteiger partial charge in [0.25, 0.3) is 11.8 Å². The fourth-order valence-electron chi connectivity index (χ4n) is 3.81. The summed E-state index contributed by atoms with van der Waals surface area (Å²) >= 11 is 5.64. The zero-order chi connectivity index (χ0) is 22.6. The van der Waals surface area contributed by atoms with Crippen molar-refractivity contribution in [3.63, 3.8) is 0 Å². The molecule has 1 aromatic carbocycles. The normalized spacial score (nSPS) is 17.2. The van der Waals surface area contributed by atoms with Crippen molar-refractivity contribution in [2.24, 2.45) is 0 Å². The van der Waals surface area contributed by atoms with Crippen LogP contribution in [0.5, 0.6) is 5.75 Å². The lowest BCUT2D eigenvalue weighted by atomic mass is 10.1. The Morgan fingerprint density at radius 3 is 2.71 bits per heavy atom. The molecule has 0 fully saturated rings. The highest BCUT2D eigenvalue weighted by Crippen LogP contribution is 2.33. The van der Waals surface area contributed by atoms with Crippen LogP contribution >= 0.6 is 11.6 Å². The first-order valence-electron chi connectivity index (χ1n) is 9.32. The monoisotopic (exact) mass is 454 g/mol. The van der Waals surface area contributed by atoms with Gasteiger partial charge in [-0.15, -0.1) is 0 Å². The summed E-state index contributed by atoms with van der Waals surface area (Å²) in [4.78, 5) is 39.6. The predicted molar refractivity (Wildman–Crippen MR) is 105 cm³/mol. The lowest BCUT2D eigenvalue weighted by molar-refractivity contribution is 0.0700. The SMILES string of the molecule is CCN1CN2CC(O)c3c(C(=O)NCc4c(F)ccc(Cl)c4F)c(=O)c(O)c(n32)C1=O. The molecule has 2 aliphatic heterocycles. The first-order valence-corrected chi connectivity index (χ1v) is 9.70. The van der Waals surface area contributed by atoms with Crippen LogP contribution in [0.2, 0.25) is 5.02 Å². The zero-order valence-corrected chi connectivity index (χ0v) is 16.9. The van der Waals surface area contributed by atoms with E-state index in [1.807, 2.05) is 0 Å². The number of hydrogen-bond acceptors (Lipinski definition) is 6. The van der Waals surface area contributed by atoms with Gasteiger partial charge < -0.3 is 20.4 Å². The van der Waals surface area contributed by atoms with Crippen molar-refractivity contribution < 1.29 is 28.6 Å². The highest BCUT2D eigenvalue weighted by atomic mass is 35.5. The minimum Gasteiger partial charge on any atom is -0.502 e. The molecule has 0 bridgehead atoms. The fourth-order valence-corrected chi connectivity index (χ4v) is 3.99. The lowest BCUT2D eigenvalue weighted by Gasteiger charge is -2.36. The molecule has 3 heterocycles. The van der Waals surface area contributed by atoms with Crippen molar-refractivity contribution in [1.29, 1.82) is 0 Å². The molecule has 0 aliphatic carbocycles. The molecule has 4 rings (SSSR count). The van der Waals surface area contributed by atoms with Crippen LogP contribution in [-0.4, -0.2) is 51.4 Å². The number of aromatic hydroxyl groups is 1. The number of halogens is 3. The highest BCUT2D eigenvalue weighted by Gasteiger charge is 2.43. The number of benzene rings is 1. The van der Waals surface area contributed by atoms with Crippen molar-refractivity contribution in [2.45, 2.75) is 19.6 Å². The zero-order valence-electron chi connectivity index (χ0n) is 16.2. The van der Waals surface area contributed by atoms with Gasteiger partial charge in [0.1, 0.15) is 30.0 Å². The van der Waals surface area contributed by atoms with E-state index < -0.39 is 58.4 Å². The molecule has 164 valence electrons. The molecule has 0 saturated heterocycles. The summed E-state index contributed by atoms with van der Waals surface area (Å²) in [5, 5.41) is 24.3. The van der Waals surface area contributed by atoms with Crippen LogP contribution in [0.3, 0.4) is 0 Å². The van der Waals surface area contributed by atoms with Crippen LogP contribution < -0.4 is 15.8 Å². The summed E-state index contributed by atoms with van der Waals surface area (Å²) in [6.45, 7) is 1.42. The average molecular weight is 455 g/mol. The lowest BCUT2D eigenvalue weighted by Crippen LogP contribution is -2.52. The smallest absolute Gasteiger partial charge is 0.277 e. The number of aromatic nitrogens is 1. The number of aliphatic hydroxyl groups is 1. The molecule has 3 N–H and O–H groups in total. The highest BCUT2D eigenvalue weighted by molar-refractivity contribution is 6.30. The summed E-state index contributed by atoms with van der Waals surface area (Å²) in [6, 6.07) is 1.95. The van der Waals surface area contributed by atoms with Gasteiger partial charge in [-0.25, -0.2) is 13.5 Å². The topological polar surface area (TPSA) is 115 Å². The Hall–Kier alpha value is -3.18. The predicted octanol–water partition coefficient (Wildman–Crippen LogP) is 0.834. The summed E-state index contributed by atoms with van der Waals surface area (Å²) in [7, 11) is 0. The van der Waals surface area contributed by atoms with Crippen molar-refractivity contribution in [1.82, 2.24) is 14.9 Å². The number of aliphatic hydroxyl groups excluding tert-OH is 1. The van der Waals surface area contributed by atoms with Crippen LogP contribution in [-0.2, 0) is 6.54 Å². The second-order valence-electron chi connectivity index (χ2n) is 7.11. The second-order valence-corrected chi connectivity index (χ2v) is 7.52. The van der Waals surface area contributed by atoms with Crippen molar-refractivity contribution >= 4 is 23.4 Å². The molecule has 31 heavy (non-hydrogen) atoms. The number of nitrogens with one attached hydrogen (secondary N) is 1. The second kappa shape index (κ2) is 7.50. The summed E-state index contributed by atoms with van der Waals surface area (Å²) in [5.74, 6) is -4.66. The molecular formula is C19H17ClF2N4O5. The number of carbonyl (C=O) groups is 2. The molecule has 1 unspecified atom stereocenters. The number of carbonyl (C=O) groups excluding carboxylic acids is 2. The number of hydrogen-bond donors (Lipinski definition) is 3. The van der Waals surface area contributed by atoms with E-state index >= 15 is 0 Å². The molecule has 2 amide bonds. The van der Waals surface area contributed by atoms with E-state index in [1.165, 1.54) is 9.91 Å². The van der Waals surface area contributed by atoms with Gasteiger partial charge in [-0.3, -0.25) is 19.4 Å². The Kier molecular flexibility index (Phi) is 5.10. The first kappa shape index (κ1) is 21.1. The van der Waals surface area contributed by atoms with E-state index in [2.05, 4.69) is 5.32 Å². The summed E-state index contributed by atoms with van der Waals surface area (Å²) in [5.41, 5.74) is -2.83. The van der Waals surface area contributed by atoms with Crippen LogP contribution in [0.1, 0.15) is 45.1 Å². The molecule has 0 radical (unpaired) electrons. The Labute approximate surface area is 179 Å². The minimum absolute atomic E-state index is 0.0303. The molecule has 12 heteroatoms. The van der Waals surface area contributed by atoms with E-state index in [0.717, 1.165) is 16.8 Å². The maximum Gasteiger partial charge on any atom is 0.277 e. The largest absolute Gasteiger partial charge is 0.502 e. The molecule has 0 saturated carbocycles.